The summed E-state index contributed by atoms with van der Waals surface area (Å²) in [7, 11) is 0. The van der Waals surface area contributed by atoms with E-state index in [1.165, 1.54) is 0 Å². The molecule has 0 aliphatic rings. The number of alkyl halides is 1. The molecule has 0 saturated heterocycles. The zero-order valence-electron chi connectivity index (χ0n) is 6.57. The lowest BCUT2D eigenvalue weighted by atomic mass is 10.4. The number of hydrogen-bond donors (Lipinski definition) is 1. The number of aliphatic hydroxyl groups is 1. The molecule has 1 rings (SSSR count). The minimum atomic E-state index is -0.444. The first kappa shape index (κ1) is 9.77. The Kier molecular flexibility index (Phi) is 4.35. The molecule has 3 nitrogen and oxygen atoms in total. The van der Waals surface area contributed by atoms with Gasteiger partial charge in [0.2, 0.25) is 0 Å². The van der Waals surface area contributed by atoms with Crippen molar-refractivity contribution in [3.8, 4) is 0 Å². The van der Waals surface area contributed by atoms with E-state index in [9.17, 15) is 0 Å². The van der Waals surface area contributed by atoms with Gasteiger partial charge in [0, 0.05) is 5.33 Å². The SMILES string of the molecule is OC(CBr)COCc1ccco1. The van der Waals surface area contributed by atoms with Crippen molar-refractivity contribution in [1.29, 1.82) is 0 Å². The number of rotatable bonds is 5. The summed E-state index contributed by atoms with van der Waals surface area (Å²) in [4.78, 5) is 0. The molecule has 0 fully saturated rings. The van der Waals surface area contributed by atoms with Crippen molar-refractivity contribution in [3.63, 3.8) is 0 Å². The second kappa shape index (κ2) is 5.35. The van der Waals surface area contributed by atoms with Crippen LogP contribution in [0.1, 0.15) is 5.76 Å². The molecule has 68 valence electrons. The van der Waals surface area contributed by atoms with Crippen LogP contribution in [0.25, 0.3) is 0 Å². The van der Waals surface area contributed by atoms with Crippen LogP contribution in [0.4, 0.5) is 0 Å². The summed E-state index contributed by atoms with van der Waals surface area (Å²) in [6, 6.07) is 3.64. The third-order valence-electron chi connectivity index (χ3n) is 1.31. The van der Waals surface area contributed by atoms with Gasteiger partial charge in [-0.15, -0.1) is 0 Å². The van der Waals surface area contributed by atoms with Crippen molar-refractivity contribution in [3.05, 3.63) is 24.2 Å². The van der Waals surface area contributed by atoms with Gasteiger partial charge in [-0.05, 0) is 12.1 Å². The Bertz CT molecular complexity index is 198. The van der Waals surface area contributed by atoms with E-state index in [0.717, 1.165) is 5.76 Å². The quantitative estimate of drug-likeness (QED) is 0.787. The highest BCUT2D eigenvalue weighted by Crippen LogP contribution is 2.02. The first-order chi connectivity index (χ1) is 5.83. The number of furan rings is 1. The highest BCUT2D eigenvalue weighted by molar-refractivity contribution is 9.09. The Balaban J connectivity index is 2.11. The normalized spacial score (nSPS) is 13.2. The number of halogens is 1. The average molecular weight is 235 g/mol. The molecule has 0 aliphatic carbocycles. The standard InChI is InChI=1S/C8H11BrO3/c9-4-7(10)5-11-6-8-2-1-3-12-8/h1-3,7,10H,4-6H2. The lowest BCUT2D eigenvalue weighted by molar-refractivity contribution is 0.0333. The molecular formula is C8H11BrO3. The summed E-state index contributed by atoms with van der Waals surface area (Å²) < 4.78 is 10.2. The molecule has 0 aromatic carbocycles. The van der Waals surface area contributed by atoms with Gasteiger partial charge in [0.25, 0.3) is 0 Å². The number of ether oxygens (including phenoxy) is 1. The van der Waals surface area contributed by atoms with Crippen LogP contribution in [0.3, 0.4) is 0 Å². The average Bonchev–Trinajstić information content (AvgIpc) is 2.57. The second-order valence-corrected chi connectivity index (χ2v) is 3.05. The minimum Gasteiger partial charge on any atom is -0.467 e. The third-order valence-corrected chi connectivity index (χ3v) is 2.06. The summed E-state index contributed by atoms with van der Waals surface area (Å²) in [5, 5.41) is 9.62. The largest absolute Gasteiger partial charge is 0.467 e. The topological polar surface area (TPSA) is 42.6 Å². The fourth-order valence-electron chi connectivity index (χ4n) is 0.735. The van der Waals surface area contributed by atoms with Crippen LogP contribution in [0.5, 0.6) is 0 Å². The van der Waals surface area contributed by atoms with E-state index in [-0.39, 0.29) is 0 Å². The van der Waals surface area contributed by atoms with Crippen LogP contribution >= 0.6 is 15.9 Å². The molecule has 0 spiro atoms. The molecule has 1 atom stereocenters. The maximum Gasteiger partial charge on any atom is 0.129 e. The van der Waals surface area contributed by atoms with Crippen molar-refractivity contribution in [2.24, 2.45) is 0 Å². The zero-order valence-corrected chi connectivity index (χ0v) is 8.16. The van der Waals surface area contributed by atoms with E-state index in [0.29, 0.717) is 18.5 Å². The molecule has 0 radical (unpaired) electrons. The molecule has 1 unspecified atom stereocenters. The van der Waals surface area contributed by atoms with Gasteiger partial charge in [-0.3, -0.25) is 0 Å². The van der Waals surface area contributed by atoms with E-state index >= 15 is 0 Å². The molecule has 0 saturated carbocycles. The van der Waals surface area contributed by atoms with Gasteiger partial charge in [0.15, 0.2) is 0 Å². The Morgan fingerprint density at radius 1 is 1.67 bits per heavy atom. The summed E-state index contributed by atoms with van der Waals surface area (Å²) in [6.45, 7) is 0.739. The van der Waals surface area contributed by atoms with Crippen molar-refractivity contribution in [2.45, 2.75) is 12.7 Å². The van der Waals surface area contributed by atoms with Gasteiger partial charge in [-0.2, -0.15) is 0 Å². The molecule has 12 heavy (non-hydrogen) atoms. The summed E-state index contributed by atoms with van der Waals surface area (Å²) >= 11 is 3.14. The van der Waals surface area contributed by atoms with E-state index in [4.69, 9.17) is 14.3 Å². The number of hydrogen-bond acceptors (Lipinski definition) is 3. The van der Waals surface area contributed by atoms with Crippen molar-refractivity contribution < 1.29 is 14.3 Å². The molecule has 0 amide bonds. The predicted octanol–water partition coefficient (Wildman–Crippen LogP) is 1.55. The summed E-state index contributed by atoms with van der Waals surface area (Å²) in [5.41, 5.74) is 0. The van der Waals surface area contributed by atoms with E-state index in [2.05, 4.69) is 15.9 Å². The van der Waals surface area contributed by atoms with Crippen molar-refractivity contribution in [1.82, 2.24) is 0 Å². The zero-order chi connectivity index (χ0) is 8.81. The molecule has 4 heteroatoms. The lowest BCUT2D eigenvalue weighted by Crippen LogP contribution is -2.16. The molecular weight excluding hydrogens is 224 g/mol. The molecule has 1 N–H and O–H groups in total. The minimum absolute atomic E-state index is 0.325. The van der Waals surface area contributed by atoms with Crippen LogP contribution in [0.15, 0.2) is 22.8 Å². The third kappa shape index (κ3) is 3.38. The second-order valence-electron chi connectivity index (χ2n) is 2.40. The highest BCUT2D eigenvalue weighted by atomic mass is 79.9. The van der Waals surface area contributed by atoms with Gasteiger partial charge in [0.05, 0.1) is 19.0 Å². The van der Waals surface area contributed by atoms with E-state index in [1.54, 1.807) is 12.3 Å². The smallest absolute Gasteiger partial charge is 0.129 e. The van der Waals surface area contributed by atoms with Crippen LogP contribution in [-0.2, 0) is 11.3 Å². The van der Waals surface area contributed by atoms with Gasteiger partial charge < -0.3 is 14.3 Å². The summed E-state index contributed by atoms with van der Waals surface area (Å²) in [5.74, 6) is 0.775. The van der Waals surface area contributed by atoms with Gasteiger partial charge in [0.1, 0.15) is 12.4 Å². The first-order valence-electron chi connectivity index (χ1n) is 3.67. The Morgan fingerprint density at radius 3 is 3.08 bits per heavy atom. The monoisotopic (exact) mass is 234 g/mol. The Hall–Kier alpha value is -0.320. The van der Waals surface area contributed by atoms with Crippen molar-refractivity contribution in [2.75, 3.05) is 11.9 Å². The molecule has 1 aromatic rings. The Labute approximate surface area is 79.5 Å². The van der Waals surface area contributed by atoms with Crippen LogP contribution in [0, 0.1) is 0 Å². The molecule has 0 bridgehead atoms. The maximum absolute atomic E-state index is 9.08. The molecule has 1 aromatic heterocycles. The van der Waals surface area contributed by atoms with Crippen LogP contribution in [-0.4, -0.2) is 23.1 Å². The van der Waals surface area contributed by atoms with E-state index < -0.39 is 6.10 Å². The lowest BCUT2D eigenvalue weighted by Gasteiger charge is -2.05. The first-order valence-corrected chi connectivity index (χ1v) is 4.79. The van der Waals surface area contributed by atoms with Gasteiger partial charge >= 0.3 is 0 Å². The predicted molar refractivity (Wildman–Crippen MR) is 48.2 cm³/mol. The molecule has 0 aliphatic heterocycles. The molecule has 1 heterocycles. The van der Waals surface area contributed by atoms with Crippen LogP contribution < -0.4 is 0 Å². The number of aliphatic hydroxyl groups excluding tert-OH is 1. The highest BCUT2D eigenvalue weighted by Gasteiger charge is 2.02. The van der Waals surface area contributed by atoms with Crippen molar-refractivity contribution >= 4 is 15.9 Å². The fraction of sp³-hybridized carbons (Fsp3) is 0.500. The fourth-order valence-corrected chi connectivity index (χ4v) is 0.922. The van der Waals surface area contributed by atoms with Gasteiger partial charge in [-0.25, -0.2) is 0 Å². The van der Waals surface area contributed by atoms with E-state index in [1.807, 2.05) is 6.07 Å². The maximum atomic E-state index is 9.08. The van der Waals surface area contributed by atoms with Gasteiger partial charge in [-0.1, -0.05) is 15.9 Å². The van der Waals surface area contributed by atoms with Crippen LogP contribution in [0.2, 0.25) is 0 Å². The Morgan fingerprint density at radius 2 is 2.50 bits per heavy atom. The summed E-state index contributed by atoms with van der Waals surface area (Å²) in [6.07, 6.45) is 1.15.